The molecule has 6 heteroatoms. The first kappa shape index (κ1) is 18.8. The molecule has 144 valence electrons. The maximum atomic E-state index is 12.6. The molecule has 0 aromatic heterocycles. The third-order valence-corrected chi connectivity index (χ3v) is 4.69. The van der Waals surface area contributed by atoms with Crippen LogP contribution in [-0.2, 0) is 0 Å². The monoisotopic (exact) mass is 406 g/mol. The first-order valence-corrected chi connectivity index (χ1v) is 9.12. The summed E-state index contributed by atoms with van der Waals surface area (Å²) in [6.07, 6.45) is 1.65. The van der Waals surface area contributed by atoms with E-state index in [0.717, 1.165) is 11.3 Å². The van der Waals surface area contributed by atoms with E-state index in [1.54, 1.807) is 61.7 Å². The molecule has 0 spiro atoms. The van der Waals surface area contributed by atoms with Crippen LogP contribution in [0.3, 0.4) is 0 Å². The van der Waals surface area contributed by atoms with Crippen LogP contribution in [-0.4, -0.2) is 18.9 Å². The number of ether oxygens (including phenoxy) is 3. The summed E-state index contributed by atoms with van der Waals surface area (Å²) in [5, 5.41) is 0.301. The molecular weight excluding hydrogens is 392 g/mol. The lowest BCUT2D eigenvalue weighted by Gasteiger charge is -2.06. The van der Waals surface area contributed by atoms with Crippen molar-refractivity contribution >= 4 is 29.4 Å². The number of hydrogen-bond acceptors (Lipinski definition) is 5. The number of esters is 1. The van der Waals surface area contributed by atoms with E-state index >= 15 is 0 Å². The number of allylic oxidation sites excluding steroid dienone is 1. The zero-order valence-corrected chi connectivity index (χ0v) is 16.1. The number of carbonyl (C=O) groups excluding carboxylic acids is 2. The summed E-state index contributed by atoms with van der Waals surface area (Å²) in [6.45, 7) is 0. The Labute approximate surface area is 172 Å². The number of benzene rings is 3. The van der Waals surface area contributed by atoms with Gasteiger partial charge >= 0.3 is 5.97 Å². The molecule has 0 atom stereocenters. The Bertz CT molecular complexity index is 1130. The van der Waals surface area contributed by atoms with Gasteiger partial charge < -0.3 is 14.2 Å². The van der Waals surface area contributed by atoms with E-state index < -0.39 is 5.97 Å². The van der Waals surface area contributed by atoms with E-state index in [9.17, 15) is 9.59 Å². The van der Waals surface area contributed by atoms with E-state index in [4.69, 9.17) is 25.8 Å². The summed E-state index contributed by atoms with van der Waals surface area (Å²) in [7, 11) is 1.59. The Kier molecular flexibility index (Phi) is 5.06. The molecule has 1 aliphatic rings. The van der Waals surface area contributed by atoms with Crippen LogP contribution in [0.4, 0.5) is 0 Å². The number of Topliss-reactive ketones (excluding diaryl/α,β-unsaturated/α-hetero) is 1. The lowest BCUT2D eigenvalue weighted by atomic mass is 10.1. The summed E-state index contributed by atoms with van der Waals surface area (Å²) >= 11 is 6.03. The van der Waals surface area contributed by atoms with Crippen molar-refractivity contribution in [3.63, 3.8) is 0 Å². The first-order chi connectivity index (χ1) is 14.0. The molecule has 0 radical (unpaired) electrons. The van der Waals surface area contributed by atoms with E-state index in [1.807, 2.05) is 12.1 Å². The lowest BCUT2D eigenvalue weighted by molar-refractivity contribution is 0.0734. The molecule has 0 fully saturated rings. The highest BCUT2D eigenvalue weighted by Gasteiger charge is 2.28. The molecule has 0 saturated heterocycles. The molecule has 0 aliphatic carbocycles. The van der Waals surface area contributed by atoms with E-state index in [1.165, 1.54) is 6.07 Å². The Morgan fingerprint density at radius 2 is 1.72 bits per heavy atom. The van der Waals surface area contributed by atoms with Gasteiger partial charge in [-0.3, -0.25) is 4.79 Å². The van der Waals surface area contributed by atoms with E-state index in [2.05, 4.69) is 0 Å². The Morgan fingerprint density at radius 1 is 1.00 bits per heavy atom. The molecule has 0 N–H and O–H groups in total. The van der Waals surface area contributed by atoms with Crippen molar-refractivity contribution < 1.29 is 23.8 Å². The molecule has 0 unspecified atom stereocenters. The van der Waals surface area contributed by atoms with Crippen molar-refractivity contribution in [3.8, 4) is 17.2 Å². The van der Waals surface area contributed by atoms with Crippen molar-refractivity contribution in [1.82, 2.24) is 0 Å². The number of ketones is 1. The predicted octanol–water partition coefficient (Wildman–Crippen LogP) is 5.18. The molecule has 3 aromatic carbocycles. The molecular formula is C23H15ClO5. The van der Waals surface area contributed by atoms with Gasteiger partial charge in [-0.1, -0.05) is 35.9 Å². The van der Waals surface area contributed by atoms with Gasteiger partial charge in [0.1, 0.15) is 17.2 Å². The normalized spacial score (nSPS) is 13.7. The number of rotatable bonds is 4. The van der Waals surface area contributed by atoms with Crippen molar-refractivity contribution in [2.75, 3.05) is 7.11 Å². The number of halogens is 1. The van der Waals surface area contributed by atoms with Crippen LogP contribution < -0.4 is 14.2 Å². The Hall–Kier alpha value is -3.57. The van der Waals surface area contributed by atoms with E-state index in [-0.39, 0.29) is 22.9 Å². The van der Waals surface area contributed by atoms with Gasteiger partial charge in [0, 0.05) is 6.07 Å². The third kappa shape index (κ3) is 3.86. The lowest BCUT2D eigenvalue weighted by Crippen LogP contribution is -2.09. The maximum absolute atomic E-state index is 12.6. The molecule has 29 heavy (non-hydrogen) atoms. The quantitative estimate of drug-likeness (QED) is 0.339. The van der Waals surface area contributed by atoms with E-state index in [0.29, 0.717) is 16.3 Å². The first-order valence-electron chi connectivity index (χ1n) is 8.74. The number of fused-ring (bicyclic) bond motifs is 1. The van der Waals surface area contributed by atoms with Gasteiger partial charge in [0.15, 0.2) is 5.76 Å². The summed E-state index contributed by atoms with van der Waals surface area (Å²) in [6, 6.07) is 18.5. The second-order valence-corrected chi connectivity index (χ2v) is 6.65. The summed E-state index contributed by atoms with van der Waals surface area (Å²) < 4.78 is 16.2. The minimum atomic E-state index is -0.589. The molecule has 1 aliphatic heterocycles. The van der Waals surface area contributed by atoms with Gasteiger partial charge in [-0.2, -0.15) is 0 Å². The molecule has 0 saturated carbocycles. The summed E-state index contributed by atoms with van der Waals surface area (Å²) in [5.74, 6) is 0.680. The van der Waals surface area contributed by atoms with Crippen molar-refractivity contribution in [2.45, 2.75) is 0 Å². The number of hydrogen-bond donors (Lipinski definition) is 0. The van der Waals surface area contributed by atoms with Crippen molar-refractivity contribution in [3.05, 3.63) is 94.2 Å². The molecule has 5 nitrogen and oxygen atoms in total. The average molecular weight is 407 g/mol. The molecule has 3 aromatic rings. The molecule has 1 heterocycles. The Morgan fingerprint density at radius 3 is 2.45 bits per heavy atom. The predicted molar refractivity (Wildman–Crippen MR) is 109 cm³/mol. The zero-order valence-electron chi connectivity index (χ0n) is 15.3. The highest BCUT2D eigenvalue weighted by atomic mass is 35.5. The second-order valence-electron chi connectivity index (χ2n) is 6.24. The number of carbonyl (C=O) groups is 2. The highest BCUT2D eigenvalue weighted by molar-refractivity contribution is 6.33. The topological polar surface area (TPSA) is 61.8 Å². The maximum Gasteiger partial charge on any atom is 0.345 e. The largest absolute Gasteiger partial charge is 0.497 e. The SMILES string of the molecule is COc1ccc(C=C2Oc3cc(OC(=O)c4ccccc4Cl)ccc3C2=O)cc1. The zero-order chi connectivity index (χ0) is 20.4. The Balaban J connectivity index is 1.54. The average Bonchev–Trinajstić information content (AvgIpc) is 3.03. The van der Waals surface area contributed by atoms with Gasteiger partial charge in [-0.05, 0) is 48.0 Å². The summed E-state index contributed by atoms with van der Waals surface area (Å²) in [4.78, 5) is 24.9. The molecule has 0 bridgehead atoms. The van der Waals surface area contributed by atoms with Crippen LogP contribution in [0.2, 0.25) is 5.02 Å². The minimum Gasteiger partial charge on any atom is -0.497 e. The van der Waals surface area contributed by atoms with Crippen LogP contribution in [0.1, 0.15) is 26.3 Å². The van der Waals surface area contributed by atoms with Crippen LogP contribution in [0.15, 0.2) is 72.5 Å². The van der Waals surface area contributed by atoms with Crippen molar-refractivity contribution in [1.29, 1.82) is 0 Å². The molecule has 0 amide bonds. The van der Waals surface area contributed by atoms with Gasteiger partial charge in [-0.15, -0.1) is 0 Å². The van der Waals surface area contributed by atoms with Crippen LogP contribution in [0.25, 0.3) is 6.08 Å². The third-order valence-electron chi connectivity index (χ3n) is 4.36. The molecule has 4 rings (SSSR count). The highest BCUT2D eigenvalue weighted by Crippen LogP contribution is 2.35. The minimum absolute atomic E-state index is 0.194. The number of methoxy groups -OCH3 is 1. The van der Waals surface area contributed by atoms with Crippen LogP contribution in [0, 0.1) is 0 Å². The van der Waals surface area contributed by atoms with Crippen molar-refractivity contribution in [2.24, 2.45) is 0 Å². The van der Waals surface area contributed by atoms with Gasteiger partial charge in [0.05, 0.1) is 23.3 Å². The fraction of sp³-hybridized carbons (Fsp3) is 0.0435. The van der Waals surface area contributed by atoms with Crippen LogP contribution >= 0.6 is 11.6 Å². The fourth-order valence-corrected chi connectivity index (χ4v) is 3.08. The smallest absolute Gasteiger partial charge is 0.345 e. The van der Waals surface area contributed by atoms with Gasteiger partial charge in [-0.25, -0.2) is 4.79 Å². The standard InChI is InChI=1S/C23H15ClO5/c1-27-15-8-6-14(7-9-15)12-21-22(25)18-11-10-16(13-20(18)29-21)28-23(26)17-4-2-3-5-19(17)24/h2-13H,1H3. The van der Waals surface area contributed by atoms with Gasteiger partial charge in [0.25, 0.3) is 0 Å². The van der Waals surface area contributed by atoms with Crippen LogP contribution in [0.5, 0.6) is 17.2 Å². The van der Waals surface area contributed by atoms with Gasteiger partial charge in [0.2, 0.25) is 5.78 Å². The second kappa shape index (κ2) is 7.81. The fourth-order valence-electron chi connectivity index (χ4n) is 2.87. The summed E-state index contributed by atoms with van der Waals surface area (Å²) in [5.41, 5.74) is 1.46.